The van der Waals surface area contributed by atoms with Crippen LogP contribution in [0.2, 0.25) is 0 Å². The van der Waals surface area contributed by atoms with Crippen LogP contribution in [-0.2, 0) is 12.8 Å². The number of thiophene rings is 1. The molecule has 0 unspecified atom stereocenters. The molecule has 0 spiro atoms. The first-order chi connectivity index (χ1) is 13.8. The van der Waals surface area contributed by atoms with Gasteiger partial charge in [-0.05, 0) is 66.0 Å². The number of unbranched alkanes of at least 4 members (excludes halogenated alkanes) is 10. The van der Waals surface area contributed by atoms with Crippen LogP contribution >= 0.6 is 27.3 Å². The summed E-state index contributed by atoms with van der Waals surface area (Å²) < 4.78 is 1.32. The summed E-state index contributed by atoms with van der Waals surface area (Å²) in [6.45, 7) is 4.58. The van der Waals surface area contributed by atoms with E-state index in [1.807, 2.05) is 11.3 Å². The van der Waals surface area contributed by atoms with Gasteiger partial charge in [-0.2, -0.15) is 0 Å². The van der Waals surface area contributed by atoms with E-state index in [2.05, 4.69) is 59.4 Å². The van der Waals surface area contributed by atoms with Crippen LogP contribution in [-0.4, -0.2) is 0 Å². The molecule has 0 aliphatic carbocycles. The normalized spacial score (nSPS) is 11.2. The van der Waals surface area contributed by atoms with Crippen LogP contribution in [0.5, 0.6) is 0 Å². The Morgan fingerprint density at radius 3 is 1.86 bits per heavy atom. The number of rotatable bonds is 15. The lowest BCUT2D eigenvalue weighted by Gasteiger charge is -2.14. The highest BCUT2D eigenvalue weighted by atomic mass is 79.9. The van der Waals surface area contributed by atoms with Crippen molar-refractivity contribution in [3.8, 4) is 10.4 Å². The highest BCUT2D eigenvalue weighted by Gasteiger charge is 2.11. The van der Waals surface area contributed by atoms with Gasteiger partial charge >= 0.3 is 0 Å². The molecular weight excluding hydrogens is 424 g/mol. The molecule has 2 heteroatoms. The third-order valence-corrected chi connectivity index (χ3v) is 7.30. The van der Waals surface area contributed by atoms with Crippen molar-refractivity contribution in [2.45, 2.75) is 104 Å². The summed E-state index contributed by atoms with van der Waals surface area (Å²) in [5.41, 5.74) is 4.50. The summed E-state index contributed by atoms with van der Waals surface area (Å²) in [6.07, 6.45) is 18.8. The zero-order chi connectivity index (χ0) is 20.0. The summed E-state index contributed by atoms with van der Waals surface area (Å²) in [5, 5.41) is 2.21. The Bertz CT molecular complexity index is 645. The largest absolute Gasteiger partial charge is 0.144 e. The van der Waals surface area contributed by atoms with E-state index in [4.69, 9.17) is 0 Å². The molecule has 1 aromatic heterocycles. The van der Waals surface area contributed by atoms with Crippen LogP contribution < -0.4 is 0 Å². The second kappa shape index (κ2) is 14.4. The molecule has 0 nitrogen and oxygen atoms in total. The van der Waals surface area contributed by atoms with Gasteiger partial charge in [0.25, 0.3) is 0 Å². The first kappa shape index (κ1) is 23.7. The quantitative estimate of drug-likeness (QED) is 0.231. The van der Waals surface area contributed by atoms with Crippen molar-refractivity contribution in [3.63, 3.8) is 0 Å². The molecule has 156 valence electrons. The van der Waals surface area contributed by atoms with Gasteiger partial charge < -0.3 is 0 Å². The Hall–Kier alpha value is -0.600. The average molecular weight is 464 g/mol. The van der Waals surface area contributed by atoms with Gasteiger partial charge in [-0.1, -0.05) is 100 Å². The van der Waals surface area contributed by atoms with Crippen LogP contribution in [0.1, 0.15) is 102 Å². The molecule has 1 heterocycles. The van der Waals surface area contributed by atoms with Gasteiger partial charge in [0.15, 0.2) is 0 Å². The van der Waals surface area contributed by atoms with Gasteiger partial charge in [-0.25, -0.2) is 0 Å². The minimum Gasteiger partial charge on any atom is -0.144 e. The third-order valence-electron chi connectivity index (χ3n) is 5.66. The predicted molar refractivity (Wildman–Crippen MR) is 132 cm³/mol. The highest BCUT2D eigenvalue weighted by Crippen LogP contribution is 2.34. The van der Waals surface area contributed by atoms with Crippen LogP contribution in [0.15, 0.2) is 34.1 Å². The highest BCUT2D eigenvalue weighted by molar-refractivity contribution is 9.10. The molecule has 0 bridgehead atoms. The van der Waals surface area contributed by atoms with Crippen molar-refractivity contribution >= 4 is 27.3 Å². The van der Waals surface area contributed by atoms with E-state index in [1.54, 1.807) is 0 Å². The maximum absolute atomic E-state index is 3.89. The van der Waals surface area contributed by atoms with Crippen LogP contribution in [0.4, 0.5) is 0 Å². The third kappa shape index (κ3) is 8.41. The molecule has 2 rings (SSSR count). The Balaban J connectivity index is 1.97. The van der Waals surface area contributed by atoms with E-state index in [-0.39, 0.29) is 0 Å². The molecule has 0 aliphatic heterocycles. The molecule has 1 aromatic carbocycles. The Morgan fingerprint density at radius 2 is 1.29 bits per heavy atom. The predicted octanol–water partition coefficient (Wildman–Crippen LogP) is 9.98. The van der Waals surface area contributed by atoms with E-state index in [0.29, 0.717) is 0 Å². The molecule has 0 atom stereocenters. The van der Waals surface area contributed by atoms with E-state index in [1.165, 1.54) is 116 Å². The van der Waals surface area contributed by atoms with E-state index < -0.39 is 0 Å². The second-order valence-electron chi connectivity index (χ2n) is 8.11. The van der Waals surface area contributed by atoms with E-state index in [9.17, 15) is 0 Å². The van der Waals surface area contributed by atoms with Gasteiger partial charge in [0.05, 0.1) is 0 Å². The molecule has 0 saturated carbocycles. The number of benzene rings is 1. The van der Waals surface area contributed by atoms with Gasteiger partial charge in [-0.3, -0.25) is 0 Å². The average Bonchev–Trinajstić information content (AvgIpc) is 3.23. The summed E-state index contributed by atoms with van der Waals surface area (Å²) in [7, 11) is 0. The lowest BCUT2D eigenvalue weighted by Crippen LogP contribution is -1.96. The van der Waals surface area contributed by atoms with Crippen molar-refractivity contribution in [1.29, 1.82) is 0 Å². The van der Waals surface area contributed by atoms with Crippen molar-refractivity contribution in [1.82, 2.24) is 0 Å². The van der Waals surface area contributed by atoms with Gasteiger partial charge in [-0.15, -0.1) is 11.3 Å². The molecule has 28 heavy (non-hydrogen) atoms. The summed E-state index contributed by atoms with van der Waals surface area (Å²) in [6, 6.07) is 9.37. The fraction of sp³-hybridized carbons (Fsp3) is 0.615. The summed E-state index contributed by atoms with van der Waals surface area (Å²) >= 11 is 5.76. The van der Waals surface area contributed by atoms with Crippen molar-refractivity contribution in [2.75, 3.05) is 0 Å². The SMILES string of the molecule is CCCCCCCCc1cc(-c2cccs2)c(CCCCCCCC)cc1Br. The first-order valence-electron chi connectivity index (χ1n) is 11.6. The molecule has 0 N–H and O–H groups in total. The summed E-state index contributed by atoms with van der Waals surface area (Å²) in [4.78, 5) is 1.43. The fourth-order valence-corrected chi connectivity index (χ4v) is 5.28. The Kier molecular flexibility index (Phi) is 12.2. The molecular formula is C26H39BrS. The molecule has 0 fully saturated rings. The molecule has 0 aliphatic rings. The molecule has 0 amide bonds. The second-order valence-corrected chi connectivity index (χ2v) is 9.92. The van der Waals surface area contributed by atoms with Crippen LogP contribution in [0.25, 0.3) is 10.4 Å². The Morgan fingerprint density at radius 1 is 0.714 bits per heavy atom. The van der Waals surface area contributed by atoms with Crippen molar-refractivity contribution in [3.05, 3.63) is 45.2 Å². The topological polar surface area (TPSA) is 0 Å². The van der Waals surface area contributed by atoms with Gasteiger partial charge in [0.2, 0.25) is 0 Å². The zero-order valence-electron chi connectivity index (χ0n) is 18.1. The minimum absolute atomic E-state index is 1.20. The van der Waals surface area contributed by atoms with Gasteiger partial charge in [0.1, 0.15) is 0 Å². The maximum atomic E-state index is 3.89. The lowest BCUT2D eigenvalue weighted by molar-refractivity contribution is 0.606. The number of hydrogen-bond donors (Lipinski definition) is 0. The number of hydrogen-bond acceptors (Lipinski definition) is 1. The molecule has 0 saturated heterocycles. The zero-order valence-corrected chi connectivity index (χ0v) is 20.5. The smallest absolute Gasteiger partial charge is 0.0345 e. The molecule has 0 radical (unpaired) electrons. The first-order valence-corrected chi connectivity index (χ1v) is 13.3. The van der Waals surface area contributed by atoms with Crippen LogP contribution in [0, 0.1) is 0 Å². The Labute approximate surface area is 186 Å². The monoisotopic (exact) mass is 462 g/mol. The van der Waals surface area contributed by atoms with Crippen LogP contribution in [0.3, 0.4) is 0 Å². The molecule has 2 aromatic rings. The van der Waals surface area contributed by atoms with E-state index in [0.717, 1.165) is 0 Å². The lowest BCUT2D eigenvalue weighted by atomic mass is 9.95. The fourth-order valence-electron chi connectivity index (χ4n) is 3.91. The van der Waals surface area contributed by atoms with Crippen molar-refractivity contribution in [2.24, 2.45) is 0 Å². The number of halogens is 1. The van der Waals surface area contributed by atoms with Gasteiger partial charge in [0, 0.05) is 9.35 Å². The van der Waals surface area contributed by atoms with Crippen molar-refractivity contribution < 1.29 is 0 Å². The standard InChI is InChI=1S/C26H39BrS/c1-3-5-7-9-11-13-16-22-21-25(27)23(17-14-12-10-8-6-4-2)20-24(22)26-18-15-19-28-26/h15,18-21H,3-14,16-17H2,1-2H3. The maximum Gasteiger partial charge on any atom is 0.0345 e. The number of aryl methyl sites for hydroxylation is 2. The summed E-state index contributed by atoms with van der Waals surface area (Å²) in [5.74, 6) is 0. The van der Waals surface area contributed by atoms with E-state index >= 15 is 0 Å². The minimum atomic E-state index is 1.20.